The van der Waals surface area contributed by atoms with Crippen molar-refractivity contribution in [2.75, 3.05) is 6.54 Å². The number of nitrogens with one attached hydrogen (secondary N) is 2. The van der Waals surface area contributed by atoms with E-state index in [-0.39, 0.29) is 22.0 Å². The maximum Gasteiger partial charge on any atom is 0.511 e. The van der Waals surface area contributed by atoms with E-state index in [2.05, 4.69) is 4.98 Å². The van der Waals surface area contributed by atoms with Crippen LogP contribution in [0.4, 0.5) is 13.2 Å². The predicted octanol–water partition coefficient (Wildman–Crippen LogP) is -0.729. The van der Waals surface area contributed by atoms with Crippen LogP contribution in [0.15, 0.2) is 9.59 Å². The number of H-pyrrole nitrogens is 2. The van der Waals surface area contributed by atoms with Crippen molar-refractivity contribution in [1.29, 1.82) is 0 Å². The molecule has 19 heavy (non-hydrogen) atoms. The molecule has 0 radical (unpaired) electrons. The highest BCUT2D eigenvalue weighted by Crippen LogP contribution is 2.29. The number of aromatic nitrogens is 2. The highest BCUT2D eigenvalue weighted by molar-refractivity contribution is 7.89. The van der Waals surface area contributed by atoms with E-state index in [0.717, 1.165) is 0 Å². The van der Waals surface area contributed by atoms with E-state index in [0.29, 0.717) is 0 Å². The normalized spacial score (nSPS) is 17.2. The number of halogens is 3. The number of nitrogens with zero attached hydrogens (tertiary/aromatic N) is 1. The van der Waals surface area contributed by atoms with Gasteiger partial charge in [0.2, 0.25) is 0 Å². The second-order valence-electron chi connectivity index (χ2n) is 3.90. The van der Waals surface area contributed by atoms with Crippen LogP contribution >= 0.6 is 0 Å². The molecule has 106 valence electrons. The van der Waals surface area contributed by atoms with E-state index in [9.17, 15) is 31.2 Å². The second-order valence-corrected chi connectivity index (χ2v) is 5.83. The molecule has 11 heteroatoms. The molecule has 7 nitrogen and oxygen atoms in total. The van der Waals surface area contributed by atoms with Gasteiger partial charge in [-0.2, -0.15) is 17.5 Å². The van der Waals surface area contributed by atoms with Gasteiger partial charge in [-0.3, -0.25) is 9.78 Å². The monoisotopic (exact) mass is 299 g/mol. The lowest BCUT2D eigenvalue weighted by Crippen LogP contribution is -2.46. The van der Waals surface area contributed by atoms with E-state index < -0.39 is 39.9 Å². The molecule has 2 N–H and O–H groups in total. The molecule has 0 saturated carbocycles. The van der Waals surface area contributed by atoms with Gasteiger partial charge >= 0.3 is 21.2 Å². The number of aromatic amines is 2. The van der Waals surface area contributed by atoms with E-state index in [1.54, 1.807) is 0 Å². The molecule has 1 aliphatic heterocycles. The molecular weight excluding hydrogens is 291 g/mol. The second kappa shape index (κ2) is 4.20. The van der Waals surface area contributed by atoms with Crippen LogP contribution in [-0.2, 0) is 23.0 Å². The highest BCUT2D eigenvalue weighted by atomic mass is 32.2. The van der Waals surface area contributed by atoms with Crippen LogP contribution in [-0.4, -0.2) is 34.7 Å². The SMILES string of the molecule is O=c1[nH]c2c(c(=O)[nH]1)CN(S(=O)(=O)C(F)(F)F)CC2. The molecule has 1 aromatic rings. The summed E-state index contributed by atoms with van der Waals surface area (Å²) in [6, 6.07) is 0. The zero-order valence-corrected chi connectivity index (χ0v) is 10.1. The summed E-state index contributed by atoms with van der Waals surface area (Å²) in [5.74, 6) is 0. The van der Waals surface area contributed by atoms with Gasteiger partial charge in [-0.25, -0.2) is 13.2 Å². The Bertz CT molecular complexity index is 718. The van der Waals surface area contributed by atoms with Crippen molar-refractivity contribution >= 4 is 10.0 Å². The van der Waals surface area contributed by atoms with Crippen molar-refractivity contribution in [1.82, 2.24) is 14.3 Å². The topological polar surface area (TPSA) is 103 Å². The third-order valence-electron chi connectivity index (χ3n) is 2.71. The van der Waals surface area contributed by atoms with Gasteiger partial charge in [-0.1, -0.05) is 0 Å². The summed E-state index contributed by atoms with van der Waals surface area (Å²) in [4.78, 5) is 26.5. The number of hydrogen-bond acceptors (Lipinski definition) is 4. The Morgan fingerprint density at radius 3 is 2.37 bits per heavy atom. The van der Waals surface area contributed by atoms with Crippen molar-refractivity contribution in [2.24, 2.45) is 0 Å². The average Bonchev–Trinajstić information content (AvgIpc) is 2.26. The minimum Gasteiger partial charge on any atom is -0.311 e. The minimum absolute atomic E-state index is 0.155. The molecule has 0 fully saturated rings. The molecule has 1 aliphatic rings. The third kappa shape index (κ3) is 2.30. The van der Waals surface area contributed by atoms with Crippen molar-refractivity contribution in [3.63, 3.8) is 0 Å². The van der Waals surface area contributed by atoms with Gasteiger partial charge < -0.3 is 4.98 Å². The Morgan fingerprint density at radius 2 is 1.79 bits per heavy atom. The Morgan fingerprint density at radius 1 is 1.16 bits per heavy atom. The summed E-state index contributed by atoms with van der Waals surface area (Å²) in [6.45, 7) is -1.17. The summed E-state index contributed by atoms with van der Waals surface area (Å²) in [5, 5.41) is 0. The Hall–Kier alpha value is -1.62. The van der Waals surface area contributed by atoms with E-state index in [1.165, 1.54) is 0 Å². The minimum atomic E-state index is -5.48. The van der Waals surface area contributed by atoms with Crippen LogP contribution in [0.3, 0.4) is 0 Å². The first kappa shape index (κ1) is 13.8. The van der Waals surface area contributed by atoms with Crippen molar-refractivity contribution < 1.29 is 21.6 Å². The lowest BCUT2D eigenvalue weighted by molar-refractivity contribution is -0.0493. The van der Waals surface area contributed by atoms with Crippen molar-refractivity contribution in [2.45, 2.75) is 18.5 Å². The molecular formula is C8H8F3N3O4S. The van der Waals surface area contributed by atoms with E-state index >= 15 is 0 Å². The van der Waals surface area contributed by atoms with Crippen LogP contribution in [0.25, 0.3) is 0 Å². The molecule has 2 heterocycles. The number of alkyl halides is 3. The number of sulfonamides is 1. The number of rotatable bonds is 1. The van der Waals surface area contributed by atoms with Gasteiger partial charge in [0.25, 0.3) is 5.56 Å². The number of hydrogen-bond donors (Lipinski definition) is 2. The molecule has 0 atom stereocenters. The van der Waals surface area contributed by atoms with Gasteiger partial charge in [0.15, 0.2) is 0 Å². The third-order valence-corrected chi connectivity index (χ3v) is 4.28. The number of fused-ring (bicyclic) bond motifs is 1. The molecule has 0 aliphatic carbocycles. The first-order chi connectivity index (χ1) is 8.63. The zero-order chi connectivity index (χ0) is 14.4. The Labute approximate surface area is 104 Å². The van der Waals surface area contributed by atoms with Gasteiger partial charge in [0, 0.05) is 25.2 Å². The molecule has 1 aromatic heterocycles. The van der Waals surface area contributed by atoms with Gasteiger partial charge in [-0.15, -0.1) is 0 Å². The van der Waals surface area contributed by atoms with Crippen LogP contribution in [0.2, 0.25) is 0 Å². The van der Waals surface area contributed by atoms with Crippen LogP contribution in [0.5, 0.6) is 0 Å². The summed E-state index contributed by atoms with van der Waals surface area (Å²) in [7, 11) is -5.48. The fourth-order valence-electron chi connectivity index (χ4n) is 1.78. The molecule has 0 aromatic carbocycles. The zero-order valence-electron chi connectivity index (χ0n) is 9.24. The fraction of sp³-hybridized carbons (Fsp3) is 0.500. The Kier molecular flexibility index (Phi) is 3.05. The highest BCUT2D eigenvalue weighted by Gasteiger charge is 2.50. The maximum atomic E-state index is 12.4. The van der Waals surface area contributed by atoms with Crippen LogP contribution in [0.1, 0.15) is 11.3 Å². The Balaban J connectivity index is 2.44. The van der Waals surface area contributed by atoms with Gasteiger partial charge in [0.1, 0.15) is 0 Å². The summed E-state index contributed by atoms with van der Waals surface area (Å²) in [5.41, 5.74) is -7.11. The molecule has 2 rings (SSSR count). The predicted molar refractivity (Wildman–Crippen MR) is 56.8 cm³/mol. The fourth-order valence-corrected chi connectivity index (χ4v) is 2.71. The molecule has 0 spiro atoms. The molecule has 0 unspecified atom stereocenters. The van der Waals surface area contributed by atoms with Crippen molar-refractivity contribution in [3.8, 4) is 0 Å². The van der Waals surface area contributed by atoms with Crippen LogP contribution in [0, 0.1) is 0 Å². The maximum absolute atomic E-state index is 12.4. The van der Waals surface area contributed by atoms with E-state index in [1.807, 2.05) is 4.98 Å². The molecule has 0 saturated heterocycles. The molecule has 0 amide bonds. The standard InChI is InChI=1S/C8H8F3N3O4S/c9-8(10,11)19(17,18)14-2-1-5-4(3-14)6(15)13-7(16)12-5/h1-3H2,(H2,12,13,15,16). The molecule has 0 bridgehead atoms. The van der Waals surface area contributed by atoms with Gasteiger partial charge in [-0.05, 0) is 0 Å². The summed E-state index contributed by atoms with van der Waals surface area (Å²) in [6.07, 6.45) is -0.163. The smallest absolute Gasteiger partial charge is 0.311 e. The summed E-state index contributed by atoms with van der Waals surface area (Å²) < 4.78 is 59.7. The first-order valence-corrected chi connectivity index (χ1v) is 6.47. The van der Waals surface area contributed by atoms with Crippen molar-refractivity contribution in [3.05, 3.63) is 32.1 Å². The largest absolute Gasteiger partial charge is 0.511 e. The lowest BCUT2D eigenvalue weighted by atomic mass is 10.1. The van der Waals surface area contributed by atoms with Gasteiger partial charge in [0.05, 0.1) is 5.56 Å². The first-order valence-electron chi connectivity index (χ1n) is 5.03. The average molecular weight is 299 g/mol. The van der Waals surface area contributed by atoms with Crippen LogP contribution < -0.4 is 11.2 Å². The summed E-state index contributed by atoms with van der Waals surface area (Å²) >= 11 is 0. The quantitative estimate of drug-likeness (QED) is 0.713. The van der Waals surface area contributed by atoms with E-state index in [4.69, 9.17) is 0 Å². The lowest BCUT2D eigenvalue weighted by Gasteiger charge is -2.27.